The van der Waals surface area contributed by atoms with Crippen LogP contribution >= 0.6 is 0 Å². The lowest BCUT2D eigenvalue weighted by Crippen LogP contribution is -2.02. The SMILES string of the molecule is Nc1ccc(Cn2cc(-c3ccccc3)cn2)c(F)c1. The number of halogens is 1. The van der Waals surface area contributed by atoms with Crippen molar-refractivity contribution < 1.29 is 4.39 Å². The summed E-state index contributed by atoms with van der Waals surface area (Å²) in [5.41, 5.74) is 8.65. The third kappa shape index (κ3) is 2.54. The third-order valence-corrected chi connectivity index (χ3v) is 3.15. The summed E-state index contributed by atoms with van der Waals surface area (Å²) in [7, 11) is 0. The molecule has 0 aliphatic heterocycles. The lowest BCUT2D eigenvalue weighted by Gasteiger charge is -2.04. The topological polar surface area (TPSA) is 43.8 Å². The van der Waals surface area contributed by atoms with Gasteiger partial charge in [-0.3, -0.25) is 4.68 Å². The van der Waals surface area contributed by atoms with Crippen LogP contribution in [-0.4, -0.2) is 9.78 Å². The van der Waals surface area contributed by atoms with Gasteiger partial charge in [-0.15, -0.1) is 0 Å². The Hall–Kier alpha value is -2.62. The van der Waals surface area contributed by atoms with Crippen LogP contribution in [0.25, 0.3) is 11.1 Å². The van der Waals surface area contributed by atoms with Crippen molar-refractivity contribution in [2.24, 2.45) is 0 Å². The zero-order valence-corrected chi connectivity index (χ0v) is 10.8. The molecule has 4 heteroatoms. The van der Waals surface area contributed by atoms with Gasteiger partial charge in [0, 0.05) is 23.0 Å². The van der Waals surface area contributed by atoms with Gasteiger partial charge in [0.1, 0.15) is 5.82 Å². The van der Waals surface area contributed by atoms with E-state index in [4.69, 9.17) is 5.73 Å². The van der Waals surface area contributed by atoms with Crippen LogP contribution in [0, 0.1) is 5.82 Å². The quantitative estimate of drug-likeness (QED) is 0.740. The van der Waals surface area contributed by atoms with Crippen molar-refractivity contribution in [2.45, 2.75) is 6.54 Å². The standard InChI is InChI=1S/C16H14FN3/c17-16-8-15(18)7-6-13(16)10-20-11-14(9-19-20)12-4-2-1-3-5-12/h1-9,11H,10,18H2. The Labute approximate surface area is 116 Å². The molecular formula is C16H14FN3. The molecule has 1 heterocycles. The first-order valence-corrected chi connectivity index (χ1v) is 6.34. The highest BCUT2D eigenvalue weighted by Crippen LogP contribution is 2.19. The number of aromatic nitrogens is 2. The van der Waals surface area contributed by atoms with Crippen LogP contribution < -0.4 is 5.73 Å². The van der Waals surface area contributed by atoms with Crippen LogP contribution in [-0.2, 0) is 6.54 Å². The van der Waals surface area contributed by atoms with Gasteiger partial charge in [-0.2, -0.15) is 5.10 Å². The summed E-state index contributed by atoms with van der Waals surface area (Å²) in [4.78, 5) is 0. The number of hydrogen-bond acceptors (Lipinski definition) is 2. The smallest absolute Gasteiger partial charge is 0.130 e. The lowest BCUT2D eigenvalue weighted by atomic mass is 10.1. The minimum absolute atomic E-state index is 0.304. The van der Waals surface area contributed by atoms with Crippen LogP contribution in [0.15, 0.2) is 60.9 Å². The number of benzene rings is 2. The molecule has 0 radical (unpaired) electrons. The maximum atomic E-state index is 13.7. The Morgan fingerprint density at radius 3 is 2.60 bits per heavy atom. The molecule has 3 rings (SSSR count). The van der Waals surface area contributed by atoms with E-state index in [2.05, 4.69) is 5.10 Å². The lowest BCUT2D eigenvalue weighted by molar-refractivity contribution is 0.586. The highest BCUT2D eigenvalue weighted by molar-refractivity contribution is 5.61. The van der Waals surface area contributed by atoms with E-state index < -0.39 is 0 Å². The normalized spacial score (nSPS) is 10.7. The Morgan fingerprint density at radius 1 is 1.05 bits per heavy atom. The van der Waals surface area contributed by atoms with Gasteiger partial charge < -0.3 is 5.73 Å². The van der Waals surface area contributed by atoms with E-state index in [-0.39, 0.29) is 5.82 Å². The van der Waals surface area contributed by atoms with Crippen LogP contribution in [0.5, 0.6) is 0 Å². The summed E-state index contributed by atoms with van der Waals surface area (Å²) in [5.74, 6) is -0.304. The molecule has 0 aliphatic carbocycles. The first-order chi connectivity index (χ1) is 9.72. The Bertz CT molecular complexity index is 720. The number of anilines is 1. The number of hydrogen-bond donors (Lipinski definition) is 1. The number of nitrogen functional groups attached to an aromatic ring is 1. The maximum absolute atomic E-state index is 13.7. The fraction of sp³-hybridized carbons (Fsp3) is 0.0625. The van der Waals surface area contributed by atoms with Crippen LogP contribution in [0.4, 0.5) is 10.1 Å². The number of rotatable bonds is 3. The molecule has 0 bridgehead atoms. The summed E-state index contributed by atoms with van der Waals surface area (Å²) >= 11 is 0. The molecule has 2 N–H and O–H groups in total. The molecule has 0 aliphatic rings. The maximum Gasteiger partial charge on any atom is 0.130 e. The fourth-order valence-corrected chi connectivity index (χ4v) is 2.10. The molecule has 0 atom stereocenters. The Kier molecular flexibility index (Phi) is 3.21. The second-order valence-corrected chi connectivity index (χ2v) is 4.64. The number of nitrogens with two attached hydrogens (primary N) is 1. The van der Waals surface area contributed by atoms with Crippen molar-refractivity contribution in [1.82, 2.24) is 9.78 Å². The fourth-order valence-electron chi connectivity index (χ4n) is 2.10. The van der Waals surface area contributed by atoms with Crippen LogP contribution in [0.1, 0.15) is 5.56 Å². The summed E-state index contributed by atoms with van der Waals surface area (Å²) in [6.07, 6.45) is 3.69. The molecular weight excluding hydrogens is 253 g/mol. The second-order valence-electron chi connectivity index (χ2n) is 4.64. The molecule has 100 valence electrons. The zero-order valence-electron chi connectivity index (χ0n) is 10.8. The second kappa shape index (κ2) is 5.17. The molecule has 20 heavy (non-hydrogen) atoms. The first kappa shape index (κ1) is 12.4. The summed E-state index contributed by atoms with van der Waals surface area (Å²) in [6.45, 7) is 0.388. The van der Waals surface area contributed by atoms with E-state index in [1.807, 2.05) is 36.5 Å². The first-order valence-electron chi connectivity index (χ1n) is 6.34. The Balaban J connectivity index is 1.84. The van der Waals surface area contributed by atoms with E-state index in [1.54, 1.807) is 23.0 Å². The van der Waals surface area contributed by atoms with E-state index in [1.165, 1.54) is 6.07 Å². The van der Waals surface area contributed by atoms with Crippen molar-refractivity contribution in [3.05, 3.63) is 72.3 Å². The molecule has 0 spiro atoms. The van der Waals surface area contributed by atoms with E-state index in [0.717, 1.165) is 11.1 Å². The number of nitrogens with zero attached hydrogens (tertiary/aromatic N) is 2. The van der Waals surface area contributed by atoms with Gasteiger partial charge in [0.2, 0.25) is 0 Å². The average Bonchev–Trinajstić information content (AvgIpc) is 2.92. The zero-order chi connectivity index (χ0) is 13.9. The summed E-state index contributed by atoms with van der Waals surface area (Å²) in [6, 6.07) is 14.7. The summed E-state index contributed by atoms with van der Waals surface area (Å²) < 4.78 is 15.5. The molecule has 0 saturated heterocycles. The van der Waals surface area contributed by atoms with Gasteiger partial charge in [0.25, 0.3) is 0 Å². The van der Waals surface area contributed by atoms with Gasteiger partial charge in [-0.1, -0.05) is 36.4 Å². The van der Waals surface area contributed by atoms with Gasteiger partial charge in [-0.25, -0.2) is 4.39 Å². The predicted molar refractivity (Wildman–Crippen MR) is 77.6 cm³/mol. The van der Waals surface area contributed by atoms with Gasteiger partial charge >= 0.3 is 0 Å². The molecule has 3 nitrogen and oxygen atoms in total. The highest BCUT2D eigenvalue weighted by Gasteiger charge is 2.06. The van der Waals surface area contributed by atoms with Crippen molar-refractivity contribution in [3.8, 4) is 11.1 Å². The van der Waals surface area contributed by atoms with E-state index in [0.29, 0.717) is 17.8 Å². The monoisotopic (exact) mass is 267 g/mol. The molecule has 1 aromatic heterocycles. The van der Waals surface area contributed by atoms with Crippen LogP contribution in [0.2, 0.25) is 0 Å². The van der Waals surface area contributed by atoms with Crippen molar-refractivity contribution in [2.75, 3.05) is 5.73 Å². The largest absolute Gasteiger partial charge is 0.399 e. The van der Waals surface area contributed by atoms with Crippen LogP contribution in [0.3, 0.4) is 0 Å². The van der Waals surface area contributed by atoms with E-state index >= 15 is 0 Å². The minimum atomic E-state index is -0.304. The Morgan fingerprint density at radius 2 is 1.85 bits per heavy atom. The van der Waals surface area contributed by atoms with Gasteiger partial charge in [0.05, 0.1) is 12.7 Å². The van der Waals surface area contributed by atoms with Crippen molar-refractivity contribution in [3.63, 3.8) is 0 Å². The van der Waals surface area contributed by atoms with Gasteiger partial charge in [0.15, 0.2) is 0 Å². The summed E-state index contributed by atoms with van der Waals surface area (Å²) in [5, 5.41) is 4.27. The molecule has 0 amide bonds. The molecule has 3 aromatic rings. The molecule has 0 unspecified atom stereocenters. The van der Waals surface area contributed by atoms with E-state index in [9.17, 15) is 4.39 Å². The molecule has 2 aromatic carbocycles. The molecule has 0 saturated carbocycles. The predicted octanol–water partition coefficient (Wildman–Crippen LogP) is 3.32. The molecule has 0 fully saturated rings. The average molecular weight is 267 g/mol. The third-order valence-electron chi connectivity index (χ3n) is 3.15. The van der Waals surface area contributed by atoms with Crippen molar-refractivity contribution in [1.29, 1.82) is 0 Å². The highest BCUT2D eigenvalue weighted by atomic mass is 19.1. The van der Waals surface area contributed by atoms with Crippen molar-refractivity contribution >= 4 is 5.69 Å². The van der Waals surface area contributed by atoms with Gasteiger partial charge in [-0.05, 0) is 17.7 Å². The minimum Gasteiger partial charge on any atom is -0.399 e.